The maximum absolute atomic E-state index is 13.0. The van der Waals surface area contributed by atoms with Gasteiger partial charge in [-0.3, -0.25) is 0 Å². The summed E-state index contributed by atoms with van der Waals surface area (Å²) in [5.74, 6) is 0.682. The molecule has 150 valence electrons. The van der Waals surface area contributed by atoms with Crippen molar-refractivity contribution in [3.05, 3.63) is 29.8 Å². The minimum absolute atomic E-state index is 0.0336. The number of rotatable bonds is 3. The highest BCUT2D eigenvalue weighted by atomic mass is 35.5. The van der Waals surface area contributed by atoms with E-state index in [9.17, 15) is 4.79 Å². The van der Waals surface area contributed by atoms with Gasteiger partial charge < -0.3 is 15.0 Å². The summed E-state index contributed by atoms with van der Waals surface area (Å²) in [4.78, 5) is 29.0. The predicted molar refractivity (Wildman–Crippen MR) is 110 cm³/mol. The predicted octanol–water partition coefficient (Wildman–Crippen LogP) is 4.58. The highest BCUT2D eigenvalue weighted by Gasteiger charge is 2.32. The van der Waals surface area contributed by atoms with Crippen LogP contribution in [0.5, 0.6) is 0 Å². The van der Waals surface area contributed by atoms with Gasteiger partial charge in [0, 0.05) is 24.4 Å². The Morgan fingerprint density at radius 3 is 2.64 bits per heavy atom. The highest BCUT2D eigenvalue weighted by molar-refractivity contribution is 6.28. The molecule has 2 aromatic heterocycles. The van der Waals surface area contributed by atoms with Gasteiger partial charge in [-0.2, -0.15) is 4.98 Å². The van der Waals surface area contributed by atoms with Crippen molar-refractivity contribution in [2.75, 3.05) is 15.1 Å². The number of fused-ring (bicyclic) bond motifs is 1. The molecule has 8 nitrogen and oxygen atoms in total. The zero-order chi connectivity index (χ0) is 20.6. The van der Waals surface area contributed by atoms with E-state index in [-0.39, 0.29) is 23.3 Å². The Morgan fingerprint density at radius 1 is 1.32 bits per heavy atom. The first-order chi connectivity index (χ1) is 13.1. The first-order valence-electron chi connectivity index (χ1n) is 9.13. The summed E-state index contributed by atoms with van der Waals surface area (Å²) in [7, 11) is 0. The summed E-state index contributed by atoms with van der Waals surface area (Å²) in [6.45, 7) is 11.7. The monoisotopic (exact) mass is 404 g/mol. The second-order valence-corrected chi connectivity index (χ2v) is 8.22. The molecule has 0 radical (unpaired) electrons. The number of ether oxygens (including phenoxy) is 1. The molecule has 0 saturated carbocycles. The van der Waals surface area contributed by atoms with Crippen LogP contribution in [-0.4, -0.2) is 38.9 Å². The van der Waals surface area contributed by atoms with Gasteiger partial charge in [-0.15, -0.1) is 0 Å². The van der Waals surface area contributed by atoms with Crippen molar-refractivity contribution in [3.63, 3.8) is 0 Å². The van der Waals surface area contributed by atoms with Crippen molar-refractivity contribution in [2.24, 2.45) is 0 Å². The Kier molecular flexibility index (Phi) is 5.34. The molecule has 1 aliphatic rings. The molecule has 0 fully saturated rings. The topological polar surface area (TPSA) is 83.5 Å². The number of halogens is 1. The number of hydrogen-bond acceptors (Lipinski definition) is 7. The zero-order valence-electron chi connectivity index (χ0n) is 16.9. The van der Waals surface area contributed by atoms with E-state index in [1.807, 2.05) is 6.07 Å². The fraction of sp³-hybridized carbons (Fsp3) is 0.474. The molecule has 9 heteroatoms. The normalized spacial score (nSPS) is 16.0. The minimum atomic E-state index is -0.678. The molecule has 1 amide bonds. The summed E-state index contributed by atoms with van der Waals surface area (Å²) in [6.07, 6.45) is 2.73. The molecule has 0 saturated heterocycles. The van der Waals surface area contributed by atoms with Gasteiger partial charge in [-0.1, -0.05) is 0 Å². The molecular formula is C19H25ClN6O2. The molecule has 2 aromatic rings. The van der Waals surface area contributed by atoms with Gasteiger partial charge in [0.05, 0.1) is 23.7 Å². The Bertz CT molecular complexity index is 883. The van der Waals surface area contributed by atoms with Gasteiger partial charge in [0.25, 0.3) is 0 Å². The number of aromatic nitrogens is 3. The lowest BCUT2D eigenvalue weighted by Gasteiger charge is -2.29. The van der Waals surface area contributed by atoms with Gasteiger partial charge in [-0.25, -0.2) is 19.7 Å². The van der Waals surface area contributed by atoms with Crippen LogP contribution in [0.2, 0.25) is 5.28 Å². The van der Waals surface area contributed by atoms with Crippen LogP contribution in [0.25, 0.3) is 0 Å². The van der Waals surface area contributed by atoms with E-state index < -0.39 is 11.7 Å². The van der Waals surface area contributed by atoms with Crippen molar-refractivity contribution in [3.8, 4) is 0 Å². The van der Waals surface area contributed by atoms with E-state index in [0.717, 1.165) is 11.4 Å². The van der Waals surface area contributed by atoms with E-state index in [4.69, 9.17) is 16.3 Å². The fourth-order valence-corrected chi connectivity index (χ4v) is 3.32. The Labute approximate surface area is 169 Å². The largest absolute Gasteiger partial charge is 0.443 e. The number of anilines is 4. The highest BCUT2D eigenvalue weighted by Crippen LogP contribution is 2.39. The minimum Gasteiger partial charge on any atom is -0.443 e. The molecule has 1 aliphatic heterocycles. The second-order valence-electron chi connectivity index (χ2n) is 7.88. The molecule has 0 bridgehead atoms. The van der Waals surface area contributed by atoms with Crippen molar-refractivity contribution in [2.45, 2.75) is 59.4 Å². The number of amides is 1. The molecular weight excluding hydrogens is 380 g/mol. The first-order valence-corrected chi connectivity index (χ1v) is 9.51. The Balaban J connectivity index is 2.08. The van der Waals surface area contributed by atoms with Crippen LogP contribution in [0.3, 0.4) is 0 Å². The van der Waals surface area contributed by atoms with E-state index in [1.54, 1.807) is 33.0 Å². The van der Waals surface area contributed by atoms with Crippen LogP contribution < -0.4 is 15.1 Å². The quantitative estimate of drug-likeness (QED) is 0.749. The van der Waals surface area contributed by atoms with Crippen LogP contribution >= 0.6 is 11.6 Å². The van der Waals surface area contributed by atoms with Gasteiger partial charge in [-0.05, 0) is 53.1 Å². The number of pyridine rings is 1. The summed E-state index contributed by atoms with van der Waals surface area (Å²) in [6, 6.07) is 3.71. The third kappa shape index (κ3) is 4.11. The summed E-state index contributed by atoms with van der Waals surface area (Å²) in [5, 5.41) is 3.43. The molecule has 3 rings (SSSR count). The van der Waals surface area contributed by atoms with E-state index in [2.05, 4.69) is 45.9 Å². The fourth-order valence-electron chi connectivity index (χ4n) is 3.17. The molecule has 0 aromatic carbocycles. The Morgan fingerprint density at radius 2 is 2.04 bits per heavy atom. The van der Waals surface area contributed by atoms with Crippen LogP contribution in [0.4, 0.5) is 27.8 Å². The van der Waals surface area contributed by atoms with E-state index >= 15 is 0 Å². The molecule has 28 heavy (non-hydrogen) atoms. The third-order valence-corrected chi connectivity index (χ3v) is 4.31. The van der Waals surface area contributed by atoms with Gasteiger partial charge in [0.15, 0.2) is 0 Å². The van der Waals surface area contributed by atoms with Crippen molar-refractivity contribution in [1.29, 1.82) is 0 Å². The molecule has 0 aliphatic carbocycles. The van der Waals surface area contributed by atoms with Crippen molar-refractivity contribution < 1.29 is 9.53 Å². The molecule has 1 atom stereocenters. The molecule has 3 heterocycles. The second kappa shape index (κ2) is 7.43. The lowest BCUT2D eigenvalue weighted by molar-refractivity contribution is 0.0597. The zero-order valence-corrected chi connectivity index (χ0v) is 17.7. The molecule has 0 spiro atoms. The summed E-state index contributed by atoms with van der Waals surface area (Å²) < 4.78 is 5.58. The number of hydrogen-bond donors (Lipinski definition) is 1. The number of carbonyl (C=O) groups is 1. The van der Waals surface area contributed by atoms with Gasteiger partial charge >= 0.3 is 6.09 Å². The average molecular weight is 405 g/mol. The smallest absolute Gasteiger partial charge is 0.421 e. The lowest BCUT2D eigenvalue weighted by Crippen LogP contribution is -2.38. The third-order valence-electron chi connectivity index (χ3n) is 4.13. The Hall–Kier alpha value is -2.61. The number of nitrogens with one attached hydrogen (secondary N) is 1. The van der Waals surface area contributed by atoms with Crippen LogP contribution in [0, 0.1) is 0 Å². The van der Waals surface area contributed by atoms with E-state index in [1.165, 1.54) is 11.1 Å². The maximum atomic E-state index is 13.0. The molecule has 1 N–H and O–H groups in total. The SMILES string of the molecule is CC(C)N1c2cc(N(C(=O)OC(C)(C)C)c3ccnc(Cl)n3)ncc2NC1C. The lowest BCUT2D eigenvalue weighted by atomic mass is 10.2. The molecule has 1 unspecified atom stereocenters. The van der Waals surface area contributed by atoms with E-state index in [0.29, 0.717) is 5.82 Å². The van der Waals surface area contributed by atoms with Gasteiger partial charge in [0.1, 0.15) is 17.2 Å². The summed E-state index contributed by atoms with van der Waals surface area (Å²) in [5.41, 5.74) is 1.19. The van der Waals surface area contributed by atoms with Crippen LogP contribution in [-0.2, 0) is 4.74 Å². The van der Waals surface area contributed by atoms with Crippen LogP contribution in [0.1, 0.15) is 41.5 Å². The maximum Gasteiger partial charge on any atom is 0.421 e. The van der Waals surface area contributed by atoms with Gasteiger partial charge in [0.2, 0.25) is 5.28 Å². The standard InChI is InChI=1S/C19H25ClN6O2/c1-11(2)25-12(3)23-13-10-22-16(9-14(13)25)26(18(27)28-19(4,5)6)15-7-8-21-17(20)24-15/h7-12,23H,1-6H3. The first kappa shape index (κ1) is 20.1. The van der Waals surface area contributed by atoms with Crippen LogP contribution in [0.15, 0.2) is 24.5 Å². The average Bonchev–Trinajstić information content (AvgIpc) is 2.88. The number of nitrogens with zero attached hydrogens (tertiary/aromatic N) is 5. The van der Waals surface area contributed by atoms with Crippen molar-refractivity contribution >= 4 is 40.7 Å². The number of carbonyl (C=O) groups excluding carboxylic acids is 1. The summed E-state index contributed by atoms with van der Waals surface area (Å²) >= 11 is 5.95. The van der Waals surface area contributed by atoms with Crippen molar-refractivity contribution in [1.82, 2.24) is 15.0 Å².